The maximum atomic E-state index is 13.2. The summed E-state index contributed by atoms with van der Waals surface area (Å²) in [6.45, 7) is 9.82. The van der Waals surface area contributed by atoms with Crippen molar-refractivity contribution in [2.75, 3.05) is 0 Å². The van der Waals surface area contributed by atoms with Gasteiger partial charge in [0.05, 0.1) is 10.4 Å². The van der Waals surface area contributed by atoms with Crippen LogP contribution in [0, 0.1) is 17.3 Å². The monoisotopic (exact) mass is 387 g/mol. The van der Waals surface area contributed by atoms with Gasteiger partial charge >= 0.3 is 0 Å². The Hall–Kier alpha value is -1.79. The minimum absolute atomic E-state index is 0.0269. The van der Waals surface area contributed by atoms with Crippen molar-refractivity contribution in [3.05, 3.63) is 42.5 Å². The first-order valence-corrected chi connectivity index (χ1v) is 10.8. The number of benzene rings is 1. The van der Waals surface area contributed by atoms with E-state index in [1.54, 1.807) is 30.3 Å². The van der Waals surface area contributed by atoms with Crippen molar-refractivity contribution in [3.8, 4) is 0 Å². The van der Waals surface area contributed by atoms with Crippen LogP contribution >= 0.6 is 0 Å². The molecule has 6 heteroatoms. The minimum atomic E-state index is -3.67. The zero-order chi connectivity index (χ0) is 19.8. The number of sulfonamides is 1. The Balaban J connectivity index is 1.74. The topological polar surface area (TPSA) is 71.3 Å². The molecule has 1 aromatic rings. The number of nitrogens with zero attached hydrogens (tertiary/aromatic N) is 1. The highest BCUT2D eigenvalue weighted by Gasteiger charge is 2.69. The number of Topliss-reactive ketones (excluding diaryl/α,β-unsaturated/α-hetero) is 2. The molecule has 5 atom stereocenters. The lowest BCUT2D eigenvalue weighted by molar-refractivity contribution is -0.125. The van der Waals surface area contributed by atoms with Crippen LogP contribution in [0.4, 0.5) is 0 Å². The number of fused-ring (bicyclic) bond motifs is 2. The highest BCUT2D eigenvalue weighted by atomic mass is 32.2. The molecule has 0 N–H and O–H groups in total. The maximum Gasteiger partial charge on any atom is 0.243 e. The summed E-state index contributed by atoms with van der Waals surface area (Å²) in [5, 5.41) is 0. The molecule has 0 amide bonds. The van der Waals surface area contributed by atoms with Crippen LogP contribution in [0.15, 0.2) is 47.4 Å². The van der Waals surface area contributed by atoms with Gasteiger partial charge in [0, 0.05) is 24.8 Å². The van der Waals surface area contributed by atoms with Crippen LogP contribution < -0.4 is 0 Å². The van der Waals surface area contributed by atoms with Gasteiger partial charge in [0.1, 0.15) is 5.78 Å². The first-order valence-electron chi connectivity index (χ1n) is 9.34. The van der Waals surface area contributed by atoms with E-state index in [-0.39, 0.29) is 40.3 Å². The molecule has 0 bridgehead atoms. The second-order valence-corrected chi connectivity index (χ2v) is 10.9. The molecule has 1 heterocycles. The Bertz CT molecular complexity index is 950. The molecule has 144 valence electrons. The summed E-state index contributed by atoms with van der Waals surface area (Å²) in [7, 11) is -3.67. The lowest BCUT2D eigenvalue weighted by Crippen LogP contribution is -2.38. The molecule has 3 fully saturated rings. The van der Waals surface area contributed by atoms with Gasteiger partial charge in [-0.2, -0.15) is 4.31 Å². The molecular weight excluding hydrogens is 362 g/mol. The summed E-state index contributed by atoms with van der Waals surface area (Å²) in [6.07, 6.45) is 1.09. The molecule has 1 saturated heterocycles. The van der Waals surface area contributed by atoms with Gasteiger partial charge in [-0.05, 0) is 42.4 Å². The molecule has 0 radical (unpaired) electrons. The smallest absolute Gasteiger partial charge is 0.243 e. The average Bonchev–Trinajstić information content (AvgIpc) is 3.01. The molecule has 0 spiro atoms. The normalized spacial score (nSPS) is 38.0. The highest BCUT2D eigenvalue weighted by molar-refractivity contribution is 7.89. The van der Waals surface area contributed by atoms with E-state index in [0.29, 0.717) is 18.4 Å². The molecule has 1 aliphatic heterocycles. The third kappa shape index (κ3) is 2.57. The van der Waals surface area contributed by atoms with Gasteiger partial charge in [0.25, 0.3) is 0 Å². The average molecular weight is 388 g/mol. The second kappa shape index (κ2) is 5.61. The SMILES string of the molecule is C=C1C(=O)C[C@@H]2[C@@H]1C(=O)C[C@@]1(C)[C@H](CC2(C)C)N1S(=O)(=O)c1ccccc1. The molecule has 27 heavy (non-hydrogen) atoms. The molecule has 2 aliphatic carbocycles. The van der Waals surface area contributed by atoms with Crippen LogP contribution in [0.1, 0.15) is 40.0 Å². The van der Waals surface area contributed by atoms with Crippen molar-refractivity contribution < 1.29 is 18.0 Å². The van der Waals surface area contributed by atoms with Gasteiger partial charge in [-0.1, -0.05) is 38.6 Å². The molecule has 2 saturated carbocycles. The van der Waals surface area contributed by atoms with Gasteiger partial charge in [-0.3, -0.25) is 9.59 Å². The van der Waals surface area contributed by atoms with Crippen LogP contribution in [-0.2, 0) is 19.6 Å². The van der Waals surface area contributed by atoms with E-state index in [9.17, 15) is 18.0 Å². The molecule has 0 aromatic heterocycles. The number of ketones is 2. The largest absolute Gasteiger partial charge is 0.299 e. The van der Waals surface area contributed by atoms with Gasteiger partial charge in [0.2, 0.25) is 10.0 Å². The van der Waals surface area contributed by atoms with Gasteiger partial charge in [-0.25, -0.2) is 8.42 Å². The predicted molar refractivity (Wildman–Crippen MR) is 101 cm³/mol. The highest BCUT2D eigenvalue weighted by Crippen LogP contribution is 2.59. The van der Waals surface area contributed by atoms with E-state index in [1.165, 1.54) is 4.31 Å². The van der Waals surface area contributed by atoms with Crippen LogP contribution in [0.25, 0.3) is 0 Å². The summed E-state index contributed by atoms with van der Waals surface area (Å²) in [5.74, 6) is -0.661. The second-order valence-electron chi connectivity index (χ2n) is 9.06. The number of rotatable bonds is 2. The van der Waals surface area contributed by atoms with Crippen molar-refractivity contribution in [1.29, 1.82) is 0 Å². The van der Waals surface area contributed by atoms with Gasteiger partial charge < -0.3 is 0 Å². The Morgan fingerprint density at radius 1 is 1.11 bits per heavy atom. The fourth-order valence-corrected chi connectivity index (χ4v) is 7.29. The van der Waals surface area contributed by atoms with E-state index in [2.05, 4.69) is 6.58 Å². The number of hydrogen-bond donors (Lipinski definition) is 0. The van der Waals surface area contributed by atoms with E-state index < -0.39 is 21.5 Å². The predicted octanol–water partition coefficient (Wildman–Crippen LogP) is 2.97. The first kappa shape index (κ1) is 18.6. The van der Waals surface area contributed by atoms with Crippen molar-refractivity contribution in [2.45, 2.75) is 56.5 Å². The molecule has 5 nitrogen and oxygen atoms in total. The van der Waals surface area contributed by atoms with Crippen LogP contribution in [0.2, 0.25) is 0 Å². The third-order valence-corrected chi connectivity index (χ3v) is 8.94. The van der Waals surface area contributed by atoms with E-state index in [0.717, 1.165) is 0 Å². The Morgan fingerprint density at radius 3 is 2.37 bits per heavy atom. The van der Waals surface area contributed by atoms with E-state index in [1.807, 2.05) is 20.8 Å². The van der Waals surface area contributed by atoms with Gasteiger partial charge in [-0.15, -0.1) is 0 Å². The Kier molecular flexibility index (Phi) is 3.86. The van der Waals surface area contributed by atoms with Crippen LogP contribution in [0.5, 0.6) is 0 Å². The number of carbonyl (C=O) groups excluding carboxylic acids is 2. The molecule has 1 unspecified atom stereocenters. The van der Waals surface area contributed by atoms with Crippen molar-refractivity contribution in [3.63, 3.8) is 0 Å². The maximum absolute atomic E-state index is 13.2. The summed E-state index contributed by atoms with van der Waals surface area (Å²) < 4.78 is 27.9. The molecular formula is C21H25NO4S. The van der Waals surface area contributed by atoms with Crippen LogP contribution in [-0.4, -0.2) is 35.9 Å². The first-order chi connectivity index (χ1) is 12.5. The standard InChI is InChI=1S/C21H25NO4S/c1-13-16(23)10-15-19(13)17(24)11-21(4)18(12-20(15,2)3)22(21)27(25,26)14-8-6-5-7-9-14/h5-9,15,18-19H,1,10-12H2,2-4H3/t15-,18+,19-,21+,22?/m1/s1. The lowest BCUT2D eigenvalue weighted by atomic mass is 9.65. The van der Waals surface area contributed by atoms with E-state index >= 15 is 0 Å². The quantitative estimate of drug-likeness (QED) is 0.578. The Labute approximate surface area is 160 Å². The zero-order valence-corrected chi connectivity index (χ0v) is 16.8. The van der Waals surface area contributed by atoms with Gasteiger partial charge in [0.15, 0.2) is 5.78 Å². The third-order valence-electron chi connectivity index (χ3n) is 6.88. The minimum Gasteiger partial charge on any atom is -0.299 e. The summed E-state index contributed by atoms with van der Waals surface area (Å²) in [4.78, 5) is 25.6. The summed E-state index contributed by atoms with van der Waals surface area (Å²) >= 11 is 0. The summed E-state index contributed by atoms with van der Waals surface area (Å²) in [5.41, 5.74) is -0.666. The number of carbonyl (C=O) groups is 2. The molecule has 4 rings (SSSR count). The Morgan fingerprint density at radius 2 is 1.74 bits per heavy atom. The molecule has 1 aromatic carbocycles. The van der Waals surface area contributed by atoms with Crippen LogP contribution in [0.3, 0.4) is 0 Å². The fraction of sp³-hybridized carbons (Fsp3) is 0.524. The van der Waals surface area contributed by atoms with Crippen molar-refractivity contribution in [2.24, 2.45) is 17.3 Å². The summed E-state index contributed by atoms with van der Waals surface area (Å²) in [6, 6.07) is 8.14. The van der Waals surface area contributed by atoms with E-state index in [4.69, 9.17) is 0 Å². The number of hydrogen-bond acceptors (Lipinski definition) is 4. The van der Waals surface area contributed by atoms with Crippen molar-refractivity contribution in [1.82, 2.24) is 4.31 Å². The zero-order valence-electron chi connectivity index (χ0n) is 15.9. The fourth-order valence-electron chi connectivity index (χ4n) is 5.24. The van der Waals surface area contributed by atoms with Crippen molar-refractivity contribution >= 4 is 21.6 Å². The molecule has 3 aliphatic rings. The lowest BCUT2D eigenvalue weighted by Gasteiger charge is -2.37. The number of allylic oxidation sites excluding steroid dienone is 1.